The molecule has 0 bridgehead atoms. The highest BCUT2D eigenvalue weighted by molar-refractivity contribution is 7.11. The van der Waals surface area contributed by atoms with Crippen molar-refractivity contribution in [3.05, 3.63) is 82.6 Å². The van der Waals surface area contributed by atoms with Gasteiger partial charge in [0, 0.05) is 16.6 Å². The number of hydrogen-bond donors (Lipinski definition) is 0. The first kappa shape index (κ1) is 14.4. The molecule has 2 heterocycles. The molecule has 2 nitrogen and oxygen atoms in total. The Morgan fingerprint density at radius 3 is 2.68 bits per heavy atom. The fourth-order valence-electron chi connectivity index (χ4n) is 2.02. The van der Waals surface area contributed by atoms with Crippen molar-refractivity contribution >= 4 is 23.2 Å². The van der Waals surface area contributed by atoms with Crippen LogP contribution in [0.2, 0.25) is 0 Å². The maximum absolute atomic E-state index is 13.0. The highest BCUT2D eigenvalue weighted by Gasteiger charge is 2.04. The Morgan fingerprint density at radius 1 is 1.09 bits per heavy atom. The fourth-order valence-corrected chi connectivity index (χ4v) is 2.83. The molecule has 0 N–H and O–H groups in total. The van der Waals surface area contributed by atoms with Crippen molar-refractivity contribution in [3.63, 3.8) is 0 Å². The minimum atomic E-state index is -0.512. The molecule has 0 aliphatic heterocycles. The van der Waals surface area contributed by atoms with Crippen LogP contribution in [0.5, 0.6) is 0 Å². The standard InChI is InChI=1S/C18H12FNOS/c19-16-8-14(10-20-11-16)18(21)7-6-17-9-15(12-22-17)13-4-2-1-3-5-13/h1-12H/b7-6+. The Balaban J connectivity index is 1.76. The van der Waals surface area contributed by atoms with E-state index in [0.29, 0.717) is 0 Å². The first-order chi connectivity index (χ1) is 10.7. The molecule has 4 heteroatoms. The third-order valence-corrected chi connectivity index (χ3v) is 4.01. The molecule has 0 aliphatic rings. The Kier molecular flexibility index (Phi) is 4.21. The highest BCUT2D eigenvalue weighted by atomic mass is 32.1. The average Bonchev–Trinajstić information content (AvgIpc) is 3.02. The van der Waals surface area contributed by atoms with Crippen LogP contribution in [0, 0.1) is 5.82 Å². The maximum Gasteiger partial charge on any atom is 0.187 e. The van der Waals surface area contributed by atoms with E-state index in [-0.39, 0.29) is 11.3 Å². The summed E-state index contributed by atoms with van der Waals surface area (Å²) in [5.74, 6) is -0.775. The normalized spacial score (nSPS) is 11.0. The van der Waals surface area contributed by atoms with Crippen LogP contribution >= 0.6 is 11.3 Å². The Bertz CT molecular complexity index is 824. The van der Waals surface area contributed by atoms with E-state index < -0.39 is 5.82 Å². The Labute approximate surface area is 131 Å². The maximum atomic E-state index is 13.0. The largest absolute Gasteiger partial charge is 0.289 e. The Morgan fingerprint density at radius 2 is 1.91 bits per heavy atom. The number of carbonyl (C=O) groups is 1. The minimum absolute atomic E-state index is 0.246. The average molecular weight is 309 g/mol. The number of pyridine rings is 1. The lowest BCUT2D eigenvalue weighted by atomic mass is 10.1. The monoisotopic (exact) mass is 309 g/mol. The second-order valence-electron chi connectivity index (χ2n) is 4.69. The van der Waals surface area contributed by atoms with Gasteiger partial charge in [-0.05, 0) is 40.8 Å². The van der Waals surface area contributed by atoms with E-state index in [9.17, 15) is 9.18 Å². The van der Waals surface area contributed by atoms with E-state index in [1.165, 1.54) is 18.3 Å². The number of aromatic nitrogens is 1. The lowest BCUT2D eigenvalue weighted by molar-refractivity contribution is 0.104. The number of benzene rings is 1. The van der Waals surface area contributed by atoms with Gasteiger partial charge in [0.2, 0.25) is 0 Å². The molecule has 0 saturated carbocycles. The van der Waals surface area contributed by atoms with Gasteiger partial charge in [0.05, 0.1) is 6.20 Å². The van der Waals surface area contributed by atoms with Gasteiger partial charge in [-0.25, -0.2) is 4.39 Å². The quantitative estimate of drug-likeness (QED) is 0.509. The summed E-state index contributed by atoms with van der Waals surface area (Å²) in [6.07, 6.45) is 5.62. The summed E-state index contributed by atoms with van der Waals surface area (Å²) in [5, 5.41) is 2.04. The van der Waals surface area contributed by atoms with Gasteiger partial charge >= 0.3 is 0 Å². The predicted molar refractivity (Wildman–Crippen MR) is 87.3 cm³/mol. The van der Waals surface area contributed by atoms with Crippen molar-refractivity contribution < 1.29 is 9.18 Å². The first-order valence-electron chi connectivity index (χ1n) is 6.69. The smallest absolute Gasteiger partial charge is 0.187 e. The molecule has 2 aromatic heterocycles. The van der Waals surface area contributed by atoms with Crippen molar-refractivity contribution in [1.82, 2.24) is 4.98 Å². The summed E-state index contributed by atoms with van der Waals surface area (Å²) in [6.45, 7) is 0. The number of rotatable bonds is 4. The van der Waals surface area contributed by atoms with Crippen LogP contribution in [0.1, 0.15) is 15.2 Å². The zero-order valence-corrected chi connectivity index (χ0v) is 12.4. The number of ketones is 1. The second kappa shape index (κ2) is 6.45. The SMILES string of the molecule is O=C(/C=C/c1cc(-c2ccccc2)cs1)c1cncc(F)c1. The molecule has 0 amide bonds. The van der Waals surface area contributed by atoms with Crippen LogP contribution in [-0.2, 0) is 0 Å². The fraction of sp³-hybridized carbons (Fsp3) is 0. The van der Waals surface area contributed by atoms with E-state index in [1.807, 2.05) is 41.8 Å². The van der Waals surface area contributed by atoms with Gasteiger partial charge < -0.3 is 0 Å². The zero-order valence-electron chi connectivity index (χ0n) is 11.6. The van der Waals surface area contributed by atoms with Crippen LogP contribution in [0.4, 0.5) is 4.39 Å². The zero-order chi connectivity index (χ0) is 15.4. The second-order valence-corrected chi connectivity index (χ2v) is 5.64. The summed E-state index contributed by atoms with van der Waals surface area (Å²) in [4.78, 5) is 16.6. The van der Waals surface area contributed by atoms with Crippen molar-refractivity contribution in [2.45, 2.75) is 0 Å². The van der Waals surface area contributed by atoms with Gasteiger partial charge in [-0.15, -0.1) is 11.3 Å². The molecular formula is C18H12FNOS. The molecule has 0 aliphatic carbocycles. The van der Waals surface area contributed by atoms with Crippen molar-refractivity contribution in [3.8, 4) is 11.1 Å². The van der Waals surface area contributed by atoms with Crippen LogP contribution < -0.4 is 0 Å². The van der Waals surface area contributed by atoms with Crippen LogP contribution in [0.15, 0.2) is 66.3 Å². The van der Waals surface area contributed by atoms with Crippen molar-refractivity contribution in [2.75, 3.05) is 0 Å². The number of halogens is 1. The molecule has 0 spiro atoms. The summed E-state index contributed by atoms with van der Waals surface area (Å²) in [5.41, 5.74) is 2.50. The van der Waals surface area contributed by atoms with E-state index in [0.717, 1.165) is 22.2 Å². The summed E-state index contributed by atoms with van der Waals surface area (Å²) >= 11 is 1.56. The molecule has 0 radical (unpaired) electrons. The van der Waals surface area contributed by atoms with Crippen LogP contribution in [0.25, 0.3) is 17.2 Å². The molecule has 0 saturated heterocycles. The number of nitrogens with zero attached hydrogens (tertiary/aromatic N) is 1. The summed E-state index contributed by atoms with van der Waals surface area (Å²) < 4.78 is 13.0. The van der Waals surface area contributed by atoms with Crippen LogP contribution in [0.3, 0.4) is 0 Å². The van der Waals surface area contributed by atoms with Gasteiger partial charge in [0.25, 0.3) is 0 Å². The molecule has 0 unspecified atom stereocenters. The van der Waals surface area contributed by atoms with Gasteiger partial charge in [0.15, 0.2) is 5.78 Å². The molecule has 22 heavy (non-hydrogen) atoms. The van der Waals surface area contributed by atoms with Gasteiger partial charge in [-0.1, -0.05) is 30.3 Å². The first-order valence-corrected chi connectivity index (χ1v) is 7.57. The van der Waals surface area contributed by atoms with Crippen molar-refractivity contribution in [2.24, 2.45) is 0 Å². The number of hydrogen-bond acceptors (Lipinski definition) is 3. The van der Waals surface area contributed by atoms with E-state index >= 15 is 0 Å². The minimum Gasteiger partial charge on any atom is -0.289 e. The molecule has 108 valence electrons. The molecular weight excluding hydrogens is 297 g/mol. The van der Waals surface area contributed by atoms with E-state index in [2.05, 4.69) is 4.98 Å². The topological polar surface area (TPSA) is 30.0 Å². The van der Waals surface area contributed by atoms with Crippen molar-refractivity contribution in [1.29, 1.82) is 0 Å². The number of thiophene rings is 1. The van der Waals surface area contributed by atoms with Gasteiger partial charge in [-0.2, -0.15) is 0 Å². The summed E-state index contributed by atoms with van der Waals surface area (Å²) in [7, 11) is 0. The lowest BCUT2D eigenvalue weighted by Gasteiger charge is -1.95. The predicted octanol–water partition coefficient (Wildman–Crippen LogP) is 4.85. The summed E-state index contributed by atoms with van der Waals surface area (Å²) in [6, 6.07) is 13.2. The van der Waals surface area contributed by atoms with Gasteiger partial charge in [-0.3, -0.25) is 9.78 Å². The molecule has 0 fully saturated rings. The molecule has 1 aromatic carbocycles. The molecule has 3 rings (SSSR count). The Hall–Kier alpha value is -2.59. The third kappa shape index (κ3) is 3.35. The lowest BCUT2D eigenvalue weighted by Crippen LogP contribution is -1.95. The van der Waals surface area contributed by atoms with E-state index in [4.69, 9.17) is 0 Å². The highest BCUT2D eigenvalue weighted by Crippen LogP contribution is 2.26. The van der Waals surface area contributed by atoms with E-state index in [1.54, 1.807) is 17.4 Å². The number of carbonyl (C=O) groups excluding carboxylic acids is 1. The third-order valence-electron chi connectivity index (χ3n) is 3.12. The van der Waals surface area contributed by atoms with Gasteiger partial charge in [0.1, 0.15) is 5.82 Å². The van der Waals surface area contributed by atoms with Crippen LogP contribution in [-0.4, -0.2) is 10.8 Å². The molecule has 0 atom stereocenters. The molecule has 3 aromatic rings. The number of allylic oxidation sites excluding steroid dienone is 1.